The Morgan fingerprint density at radius 2 is 0.764 bits per heavy atom. The van der Waals surface area contributed by atoms with Gasteiger partial charge in [0.25, 0.3) is 0 Å². The van der Waals surface area contributed by atoms with Gasteiger partial charge in [0.15, 0.2) is 0 Å². The Balaban J connectivity index is 1.10. The van der Waals surface area contributed by atoms with E-state index in [4.69, 9.17) is 0 Å². The average Bonchev–Trinajstić information content (AvgIpc) is 3.63. The van der Waals surface area contributed by atoms with Crippen molar-refractivity contribution in [2.45, 2.75) is 38.5 Å². The van der Waals surface area contributed by atoms with Crippen LogP contribution in [0.3, 0.4) is 0 Å². The highest BCUT2D eigenvalue weighted by molar-refractivity contribution is 6.11. The van der Waals surface area contributed by atoms with Gasteiger partial charge < -0.3 is 4.90 Å². The van der Waals surface area contributed by atoms with E-state index in [2.05, 4.69) is 221 Å². The van der Waals surface area contributed by atoms with Crippen LogP contribution in [0.15, 0.2) is 188 Å². The quantitative estimate of drug-likeness (QED) is 0.166. The van der Waals surface area contributed by atoms with Crippen LogP contribution < -0.4 is 4.90 Å². The monoisotopic (exact) mass is 705 g/mol. The molecule has 0 N–H and O–H groups in total. The van der Waals surface area contributed by atoms with Crippen LogP contribution >= 0.6 is 0 Å². The number of rotatable bonds is 6. The highest BCUT2D eigenvalue weighted by Crippen LogP contribution is 2.62. The lowest BCUT2D eigenvalue weighted by atomic mass is 9.75. The van der Waals surface area contributed by atoms with Crippen molar-refractivity contribution in [3.05, 3.63) is 210 Å². The Bertz CT molecular complexity index is 2680. The lowest BCUT2D eigenvalue weighted by Crippen LogP contribution is -2.19. The zero-order chi connectivity index (χ0) is 37.3. The Morgan fingerprint density at radius 1 is 0.327 bits per heavy atom. The van der Waals surface area contributed by atoms with E-state index in [1.54, 1.807) is 0 Å². The van der Waals surface area contributed by atoms with Crippen molar-refractivity contribution >= 4 is 39.0 Å². The molecule has 0 heterocycles. The van der Waals surface area contributed by atoms with Gasteiger partial charge in [0, 0.05) is 27.6 Å². The smallest absolute Gasteiger partial charge is 0.0540 e. The summed E-state index contributed by atoms with van der Waals surface area (Å²) in [4.78, 5) is 2.41. The first-order valence-corrected chi connectivity index (χ1v) is 19.4. The molecule has 1 nitrogen and oxygen atoms in total. The summed E-state index contributed by atoms with van der Waals surface area (Å²) in [7, 11) is 0. The first kappa shape index (κ1) is 33.2. The fourth-order valence-electron chi connectivity index (χ4n) is 9.55. The van der Waals surface area contributed by atoms with Crippen LogP contribution in [-0.4, -0.2) is 0 Å². The molecule has 0 bridgehead atoms. The molecule has 1 heteroatoms. The molecule has 0 aromatic heterocycles. The maximum atomic E-state index is 2.48. The summed E-state index contributed by atoms with van der Waals surface area (Å²) in [5, 5.41) is 2.46. The minimum atomic E-state index is -0.102. The first-order valence-electron chi connectivity index (χ1n) is 19.4. The van der Waals surface area contributed by atoms with E-state index in [9.17, 15) is 0 Å². The van der Waals surface area contributed by atoms with Crippen molar-refractivity contribution < 1.29 is 0 Å². The van der Waals surface area contributed by atoms with Gasteiger partial charge in [-0.1, -0.05) is 179 Å². The van der Waals surface area contributed by atoms with Gasteiger partial charge in [-0.25, -0.2) is 0 Å². The molecule has 0 unspecified atom stereocenters. The number of hydrogen-bond acceptors (Lipinski definition) is 1. The zero-order valence-corrected chi connectivity index (χ0v) is 31.8. The molecule has 55 heavy (non-hydrogen) atoms. The molecule has 0 radical (unpaired) electrons. The molecule has 0 aliphatic heterocycles. The second-order valence-corrected chi connectivity index (χ2v) is 16.1. The number of nitrogens with zero attached hydrogens (tertiary/aromatic N) is 1. The summed E-state index contributed by atoms with van der Waals surface area (Å²) in [5.41, 5.74) is 19.3. The number of allylic oxidation sites excluding steroid dienone is 2. The predicted molar refractivity (Wildman–Crippen MR) is 234 cm³/mol. The summed E-state index contributed by atoms with van der Waals surface area (Å²) < 4.78 is 0. The van der Waals surface area contributed by atoms with Gasteiger partial charge in [0.1, 0.15) is 0 Å². The number of benzene rings is 8. The molecule has 0 fully saturated rings. The van der Waals surface area contributed by atoms with Crippen molar-refractivity contribution in [2.75, 3.05) is 4.90 Å². The van der Waals surface area contributed by atoms with Crippen LogP contribution in [0.5, 0.6) is 0 Å². The molecular formula is C54H43N. The maximum Gasteiger partial charge on any atom is 0.0540 e. The van der Waals surface area contributed by atoms with E-state index in [-0.39, 0.29) is 10.8 Å². The topological polar surface area (TPSA) is 3.24 Å². The molecule has 8 aromatic rings. The summed E-state index contributed by atoms with van der Waals surface area (Å²) in [6.45, 7) is 9.63. The standard InChI is InChI=1S/C54H43N/c1-53(2)48-22-14-13-21-46(48)51-52(53)47-32-27-40(35-49(47)54(51,3)4)43-33-34-50(45-20-12-11-19-44(43)45)55(41-28-23-38(24-29-41)36-15-7-5-8-16-36)42-30-25-39(26-31-42)37-17-9-6-10-18-37/h5-35H,1-4H3. The molecular weight excluding hydrogens is 663 g/mol. The molecule has 10 rings (SSSR count). The molecule has 8 aromatic carbocycles. The van der Waals surface area contributed by atoms with Crippen LogP contribution in [0.4, 0.5) is 17.1 Å². The highest BCUT2D eigenvalue weighted by Gasteiger charge is 2.49. The van der Waals surface area contributed by atoms with Gasteiger partial charge in [-0.15, -0.1) is 0 Å². The number of anilines is 3. The minimum Gasteiger partial charge on any atom is -0.310 e. The zero-order valence-electron chi connectivity index (χ0n) is 31.8. The van der Waals surface area contributed by atoms with E-state index in [0.29, 0.717) is 0 Å². The van der Waals surface area contributed by atoms with Crippen molar-refractivity contribution in [3.8, 4) is 33.4 Å². The second-order valence-electron chi connectivity index (χ2n) is 16.1. The van der Waals surface area contributed by atoms with Crippen LogP contribution in [0, 0.1) is 0 Å². The summed E-state index contributed by atoms with van der Waals surface area (Å²) in [5.74, 6) is 0. The normalized spacial score (nSPS) is 14.8. The van der Waals surface area contributed by atoms with Gasteiger partial charge in [-0.3, -0.25) is 0 Å². The SMILES string of the molecule is CC1(C)C2=C(c3ccccc31)C(C)(C)c1cc(-c3ccc(N(c4ccc(-c5ccccc5)cc4)c4ccc(-c5ccccc5)cc4)c4ccccc34)ccc12. The number of fused-ring (bicyclic) bond motifs is 5. The summed E-state index contributed by atoms with van der Waals surface area (Å²) >= 11 is 0. The third kappa shape index (κ3) is 5.22. The van der Waals surface area contributed by atoms with Crippen molar-refractivity contribution in [1.29, 1.82) is 0 Å². The third-order valence-corrected chi connectivity index (χ3v) is 12.3. The Kier molecular flexibility index (Phi) is 7.58. The van der Waals surface area contributed by atoms with Gasteiger partial charge in [-0.05, 0) is 109 Å². The Morgan fingerprint density at radius 3 is 1.36 bits per heavy atom. The molecule has 264 valence electrons. The molecule has 0 spiro atoms. The van der Waals surface area contributed by atoms with Crippen molar-refractivity contribution in [3.63, 3.8) is 0 Å². The minimum absolute atomic E-state index is 0.0354. The van der Waals surface area contributed by atoms with Crippen LogP contribution in [0.1, 0.15) is 49.9 Å². The first-order chi connectivity index (χ1) is 26.8. The maximum absolute atomic E-state index is 2.48. The van der Waals surface area contributed by atoms with Crippen LogP contribution in [0.2, 0.25) is 0 Å². The molecule has 2 aliphatic rings. The molecule has 0 amide bonds. The molecule has 0 saturated heterocycles. The Labute approximate surface area is 324 Å². The van der Waals surface area contributed by atoms with Crippen LogP contribution in [-0.2, 0) is 10.8 Å². The summed E-state index contributed by atoms with van der Waals surface area (Å²) in [6, 6.07) is 69.1. The second kappa shape index (κ2) is 12.6. The van der Waals surface area contributed by atoms with E-state index in [0.717, 1.165) is 17.1 Å². The van der Waals surface area contributed by atoms with Gasteiger partial charge in [0.2, 0.25) is 0 Å². The van der Waals surface area contributed by atoms with Gasteiger partial charge >= 0.3 is 0 Å². The number of hydrogen-bond donors (Lipinski definition) is 0. The Hall–Kier alpha value is -6.44. The third-order valence-electron chi connectivity index (χ3n) is 12.3. The lowest BCUT2D eigenvalue weighted by molar-refractivity contribution is 0.694. The molecule has 0 atom stereocenters. The fraction of sp³-hybridized carbons (Fsp3) is 0.111. The molecule has 2 aliphatic carbocycles. The van der Waals surface area contributed by atoms with Gasteiger partial charge in [-0.2, -0.15) is 0 Å². The van der Waals surface area contributed by atoms with E-state index < -0.39 is 0 Å². The average molecular weight is 706 g/mol. The van der Waals surface area contributed by atoms with Crippen LogP contribution in [0.25, 0.3) is 55.3 Å². The van der Waals surface area contributed by atoms with E-state index in [1.165, 1.54) is 77.6 Å². The van der Waals surface area contributed by atoms with E-state index >= 15 is 0 Å². The molecule has 0 saturated carbocycles. The highest BCUT2D eigenvalue weighted by atomic mass is 15.1. The predicted octanol–water partition coefficient (Wildman–Crippen LogP) is 14.8. The van der Waals surface area contributed by atoms with Crippen molar-refractivity contribution in [1.82, 2.24) is 0 Å². The summed E-state index contributed by atoms with van der Waals surface area (Å²) in [6.07, 6.45) is 0. The van der Waals surface area contributed by atoms with Crippen molar-refractivity contribution in [2.24, 2.45) is 0 Å². The largest absolute Gasteiger partial charge is 0.310 e. The van der Waals surface area contributed by atoms with E-state index in [1.807, 2.05) is 0 Å². The van der Waals surface area contributed by atoms with Gasteiger partial charge in [0.05, 0.1) is 5.69 Å². The lowest BCUT2D eigenvalue weighted by Gasteiger charge is -2.29. The fourth-order valence-corrected chi connectivity index (χ4v) is 9.55.